The molecule has 0 atom stereocenters. The molecule has 102 valence electrons. The zero-order chi connectivity index (χ0) is 13.7. The van der Waals surface area contributed by atoms with E-state index >= 15 is 0 Å². The SMILES string of the molecule is OCCOCCNc1ccnc2c(F)cc(Br)cc12. The van der Waals surface area contributed by atoms with Crippen molar-refractivity contribution in [3.8, 4) is 0 Å². The number of aliphatic hydroxyl groups is 1. The quantitative estimate of drug-likeness (QED) is 0.800. The zero-order valence-electron chi connectivity index (χ0n) is 10.2. The highest BCUT2D eigenvalue weighted by molar-refractivity contribution is 9.10. The molecular formula is C13H14BrFN2O2. The van der Waals surface area contributed by atoms with Crippen molar-refractivity contribution in [3.05, 3.63) is 34.7 Å². The van der Waals surface area contributed by atoms with Gasteiger partial charge in [-0.25, -0.2) is 4.39 Å². The zero-order valence-corrected chi connectivity index (χ0v) is 11.8. The summed E-state index contributed by atoms with van der Waals surface area (Å²) in [7, 11) is 0. The molecule has 19 heavy (non-hydrogen) atoms. The second kappa shape index (κ2) is 6.79. The van der Waals surface area contributed by atoms with Gasteiger partial charge in [0.25, 0.3) is 0 Å². The van der Waals surface area contributed by atoms with E-state index in [1.54, 1.807) is 12.3 Å². The van der Waals surface area contributed by atoms with Crippen LogP contribution in [0.3, 0.4) is 0 Å². The van der Waals surface area contributed by atoms with Crippen LogP contribution in [-0.4, -0.2) is 36.5 Å². The van der Waals surface area contributed by atoms with Gasteiger partial charge >= 0.3 is 0 Å². The number of nitrogens with one attached hydrogen (secondary N) is 1. The van der Waals surface area contributed by atoms with Crippen LogP contribution in [-0.2, 0) is 4.74 Å². The summed E-state index contributed by atoms with van der Waals surface area (Å²) in [5.74, 6) is -0.357. The van der Waals surface area contributed by atoms with E-state index < -0.39 is 0 Å². The number of hydrogen-bond acceptors (Lipinski definition) is 4. The predicted molar refractivity (Wildman–Crippen MR) is 75.8 cm³/mol. The van der Waals surface area contributed by atoms with Gasteiger partial charge in [-0.3, -0.25) is 4.98 Å². The minimum absolute atomic E-state index is 0.0103. The summed E-state index contributed by atoms with van der Waals surface area (Å²) in [6, 6.07) is 5.01. The molecular weight excluding hydrogens is 315 g/mol. The lowest BCUT2D eigenvalue weighted by molar-refractivity contribution is 0.0992. The Hall–Kier alpha value is -1.24. The fourth-order valence-electron chi connectivity index (χ4n) is 1.76. The molecule has 1 heterocycles. The van der Waals surface area contributed by atoms with Crippen LogP contribution in [0, 0.1) is 5.82 Å². The van der Waals surface area contributed by atoms with Crippen LogP contribution < -0.4 is 5.32 Å². The Morgan fingerprint density at radius 1 is 1.37 bits per heavy atom. The standard InChI is InChI=1S/C13H14BrFN2O2/c14-9-7-10-12(16-3-5-19-6-4-18)1-2-17-13(10)11(15)8-9/h1-2,7-8,18H,3-6H2,(H,16,17). The van der Waals surface area contributed by atoms with Gasteiger partial charge < -0.3 is 15.2 Å². The lowest BCUT2D eigenvalue weighted by atomic mass is 10.2. The summed E-state index contributed by atoms with van der Waals surface area (Å²) in [5, 5.41) is 12.5. The molecule has 1 aromatic heterocycles. The molecule has 0 aliphatic rings. The van der Waals surface area contributed by atoms with Crippen LogP contribution in [0.15, 0.2) is 28.9 Å². The number of fused-ring (bicyclic) bond motifs is 1. The Morgan fingerprint density at radius 2 is 2.21 bits per heavy atom. The molecule has 0 bridgehead atoms. The van der Waals surface area contributed by atoms with E-state index in [1.165, 1.54) is 6.07 Å². The van der Waals surface area contributed by atoms with Gasteiger partial charge in [-0.05, 0) is 18.2 Å². The molecule has 2 rings (SSSR count). The number of ether oxygens (including phenoxy) is 1. The Bertz CT molecular complexity index is 566. The fraction of sp³-hybridized carbons (Fsp3) is 0.308. The van der Waals surface area contributed by atoms with Crippen molar-refractivity contribution in [2.75, 3.05) is 31.7 Å². The van der Waals surface area contributed by atoms with E-state index in [2.05, 4.69) is 26.2 Å². The normalized spacial score (nSPS) is 10.9. The lowest BCUT2D eigenvalue weighted by Gasteiger charge is -2.10. The lowest BCUT2D eigenvalue weighted by Crippen LogP contribution is -2.11. The van der Waals surface area contributed by atoms with Crippen molar-refractivity contribution in [2.45, 2.75) is 0 Å². The van der Waals surface area contributed by atoms with Crippen molar-refractivity contribution >= 4 is 32.5 Å². The maximum Gasteiger partial charge on any atom is 0.150 e. The van der Waals surface area contributed by atoms with Gasteiger partial charge in [-0.2, -0.15) is 0 Å². The number of hydrogen-bond donors (Lipinski definition) is 2. The first-order valence-corrected chi connectivity index (χ1v) is 6.68. The third kappa shape index (κ3) is 3.62. The van der Waals surface area contributed by atoms with E-state index in [0.717, 1.165) is 11.1 Å². The molecule has 0 spiro atoms. The number of anilines is 1. The summed E-state index contributed by atoms with van der Waals surface area (Å²) in [6.07, 6.45) is 1.57. The second-order valence-electron chi connectivity index (χ2n) is 3.91. The number of benzene rings is 1. The Balaban J connectivity index is 2.14. The summed E-state index contributed by atoms with van der Waals surface area (Å²) >= 11 is 3.27. The summed E-state index contributed by atoms with van der Waals surface area (Å²) in [6.45, 7) is 1.38. The minimum atomic E-state index is -0.357. The van der Waals surface area contributed by atoms with E-state index in [-0.39, 0.29) is 12.4 Å². The van der Waals surface area contributed by atoms with Crippen molar-refractivity contribution in [2.24, 2.45) is 0 Å². The van der Waals surface area contributed by atoms with Gasteiger partial charge in [-0.1, -0.05) is 15.9 Å². The second-order valence-corrected chi connectivity index (χ2v) is 4.82. The molecule has 6 heteroatoms. The largest absolute Gasteiger partial charge is 0.394 e. The molecule has 0 fully saturated rings. The summed E-state index contributed by atoms with van der Waals surface area (Å²) in [4.78, 5) is 4.04. The molecule has 0 amide bonds. The maximum atomic E-state index is 13.7. The van der Waals surface area contributed by atoms with Crippen LogP contribution >= 0.6 is 15.9 Å². The first-order valence-electron chi connectivity index (χ1n) is 5.88. The average molecular weight is 329 g/mol. The van der Waals surface area contributed by atoms with Crippen LogP contribution in [0.2, 0.25) is 0 Å². The number of rotatable bonds is 6. The van der Waals surface area contributed by atoms with E-state index in [0.29, 0.717) is 29.7 Å². The van der Waals surface area contributed by atoms with Crippen molar-refractivity contribution in [1.29, 1.82) is 0 Å². The average Bonchev–Trinajstić information content (AvgIpc) is 2.39. The molecule has 0 saturated carbocycles. The van der Waals surface area contributed by atoms with E-state index in [1.807, 2.05) is 6.07 Å². The number of halogens is 2. The highest BCUT2D eigenvalue weighted by atomic mass is 79.9. The predicted octanol–water partition coefficient (Wildman–Crippen LogP) is 2.56. The monoisotopic (exact) mass is 328 g/mol. The molecule has 2 aromatic rings. The van der Waals surface area contributed by atoms with Gasteiger partial charge in [0.05, 0.1) is 19.8 Å². The van der Waals surface area contributed by atoms with Gasteiger partial charge in [0.15, 0.2) is 5.82 Å². The third-order valence-electron chi connectivity index (χ3n) is 2.56. The molecule has 0 radical (unpaired) electrons. The van der Waals surface area contributed by atoms with Crippen LogP contribution in [0.4, 0.5) is 10.1 Å². The van der Waals surface area contributed by atoms with Gasteiger partial charge in [-0.15, -0.1) is 0 Å². The van der Waals surface area contributed by atoms with Gasteiger partial charge in [0, 0.05) is 28.3 Å². The topological polar surface area (TPSA) is 54.4 Å². The first kappa shape index (κ1) is 14.2. The summed E-state index contributed by atoms with van der Waals surface area (Å²) < 4.78 is 19.6. The first-order chi connectivity index (χ1) is 9.22. The Kier molecular flexibility index (Phi) is 5.07. The highest BCUT2D eigenvalue weighted by Crippen LogP contribution is 2.27. The maximum absolute atomic E-state index is 13.7. The van der Waals surface area contributed by atoms with Gasteiger partial charge in [0.1, 0.15) is 5.52 Å². The third-order valence-corrected chi connectivity index (χ3v) is 3.02. The Labute approximate surface area is 118 Å². The number of aliphatic hydroxyl groups excluding tert-OH is 1. The smallest absolute Gasteiger partial charge is 0.150 e. The molecule has 0 aliphatic heterocycles. The molecule has 2 N–H and O–H groups in total. The van der Waals surface area contributed by atoms with E-state index in [4.69, 9.17) is 9.84 Å². The molecule has 4 nitrogen and oxygen atoms in total. The molecule has 0 saturated heterocycles. The number of nitrogens with zero attached hydrogens (tertiary/aromatic N) is 1. The van der Waals surface area contributed by atoms with Crippen LogP contribution in [0.1, 0.15) is 0 Å². The molecule has 1 aromatic carbocycles. The van der Waals surface area contributed by atoms with Crippen molar-refractivity contribution < 1.29 is 14.2 Å². The Morgan fingerprint density at radius 3 is 3.00 bits per heavy atom. The van der Waals surface area contributed by atoms with E-state index in [9.17, 15) is 4.39 Å². The molecule has 0 unspecified atom stereocenters. The number of pyridine rings is 1. The van der Waals surface area contributed by atoms with Gasteiger partial charge in [0.2, 0.25) is 0 Å². The fourth-order valence-corrected chi connectivity index (χ4v) is 2.19. The summed E-state index contributed by atoms with van der Waals surface area (Å²) in [5.41, 5.74) is 1.14. The highest BCUT2D eigenvalue weighted by Gasteiger charge is 2.07. The minimum Gasteiger partial charge on any atom is -0.394 e. The van der Waals surface area contributed by atoms with Crippen LogP contribution in [0.25, 0.3) is 10.9 Å². The molecule has 0 aliphatic carbocycles. The van der Waals surface area contributed by atoms with Crippen molar-refractivity contribution in [1.82, 2.24) is 4.98 Å². The number of aromatic nitrogens is 1. The van der Waals surface area contributed by atoms with Crippen LogP contribution in [0.5, 0.6) is 0 Å². The van der Waals surface area contributed by atoms with Crippen molar-refractivity contribution in [3.63, 3.8) is 0 Å².